The largest absolute Gasteiger partial charge is 0.446 e. The van der Waals surface area contributed by atoms with E-state index in [-0.39, 0.29) is 12.2 Å². The lowest BCUT2D eigenvalue weighted by atomic mass is 9.75. The minimum Gasteiger partial charge on any atom is -0.446 e. The van der Waals surface area contributed by atoms with E-state index in [9.17, 15) is 4.79 Å². The third-order valence-electron chi connectivity index (χ3n) is 3.74. The molecule has 0 spiro atoms. The molecule has 0 aliphatic heterocycles. The van der Waals surface area contributed by atoms with E-state index in [0.717, 1.165) is 12.8 Å². The second-order valence-corrected chi connectivity index (χ2v) is 5.70. The molecule has 0 saturated heterocycles. The molecule has 100 valence electrons. The molecule has 0 heterocycles. The normalized spacial score (nSPS) is 29.1. The van der Waals surface area contributed by atoms with Crippen molar-refractivity contribution in [2.45, 2.75) is 59.5 Å². The van der Waals surface area contributed by atoms with Crippen LogP contribution in [0.2, 0.25) is 0 Å². The van der Waals surface area contributed by atoms with Gasteiger partial charge in [0.2, 0.25) is 0 Å². The minimum atomic E-state index is -0.239. The lowest BCUT2D eigenvalue weighted by Gasteiger charge is -2.36. The van der Waals surface area contributed by atoms with Crippen molar-refractivity contribution in [3.05, 3.63) is 0 Å². The molecular formula is C14H27NO2. The average molecular weight is 241 g/mol. The van der Waals surface area contributed by atoms with E-state index in [4.69, 9.17) is 4.74 Å². The van der Waals surface area contributed by atoms with Crippen molar-refractivity contribution in [1.82, 2.24) is 5.32 Å². The molecule has 17 heavy (non-hydrogen) atoms. The lowest BCUT2D eigenvalue weighted by Crippen LogP contribution is -2.38. The minimum absolute atomic E-state index is 0.107. The molecule has 3 nitrogen and oxygen atoms in total. The van der Waals surface area contributed by atoms with Crippen LogP contribution >= 0.6 is 0 Å². The molecule has 0 unspecified atom stereocenters. The molecule has 1 amide bonds. The fourth-order valence-corrected chi connectivity index (χ4v) is 2.66. The van der Waals surface area contributed by atoms with E-state index in [2.05, 4.69) is 26.1 Å². The van der Waals surface area contributed by atoms with Gasteiger partial charge in [-0.25, -0.2) is 4.79 Å². The molecule has 1 fully saturated rings. The van der Waals surface area contributed by atoms with Crippen molar-refractivity contribution >= 4 is 6.09 Å². The number of ether oxygens (including phenoxy) is 1. The maximum Gasteiger partial charge on any atom is 0.407 e. The van der Waals surface area contributed by atoms with Crippen LogP contribution in [-0.4, -0.2) is 18.7 Å². The maximum absolute atomic E-state index is 11.6. The predicted octanol–water partition coefficient (Wildman–Crippen LogP) is 3.58. The number of carbonyl (C=O) groups excluding carboxylic acids is 1. The standard InChI is InChI=1S/C14H27NO2/c1-5-8-15-14(16)17-13-9-11(4)6-7-12(13)10(2)3/h10-13H,5-9H2,1-4H3,(H,15,16)/t11-,12+,13-/m1/s1. The summed E-state index contributed by atoms with van der Waals surface area (Å²) in [5, 5.41) is 2.79. The fraction of sp³-hybridized carbons (Fsp3) is 0.929. The van der Waals surface area contributed by atoms with Crippen LogP contribution in [0.1, 0.15) is 53.4 Å². The van der Waals surface area contributed by atoms with Crippen LogP contribution in [0, 0.1) is 17.8 Å². The van der Waals surface area contributed by atoms with Crippen LogP contribution in [0.4, 0.5) is 4.79 Å². The Hall–Kier alpha value is -0.730. The average Bonchev–Trinajstić information content (AvgIpc) is 2.26. The highest BCUT2D eigenvalue weighted by Gasteiger charge is 2.33. The van der Waals surface area contributed by atoms with Gasteiger partial charge in [0.1, 0.15) is 6.10 Å². The van der Waals surface area contributed by atoms with E-state index >= 15 is 0 Å². The van der Waals surface area contributed by atoms with Gasteiger partial charge < -0.3 is 10.1 Å². The van der Waals surface area contributed by atoms with Crippen LogP contribution in [0.25, 0.3) is 0 Å². The number of hydrogen-bond acceptors (Lipinski definition) is 2. The molecule has 1 aliphatic rings. The molecule has 3 heteroatoms. The summed E-state index contributed by atoms with van der Waals surface area (Å²) < 4.78 is 5.59. The smallest absolute Gasteiger partial charge is 0.407 e. The van der Waals surface area contributed by atoms with Gasteiger partial charge in [-0.2, -0.15) is 0 Å². The second kappa shape index (κ2) is 6.87. The monoisotopic (exact) mass is 241 g/mol. The highest BCUT2D eigenvalue weighted by Crippen LogP contribution is 2.35. The van der Waals surface area contributed by atoms with E-state index in [1.807, 2.05) is 6.92 Å². The zero-order valence-electron chi connectivity index (χ0n) is 11.7. The van der Waals surface area contributed by atoms with Gasteiger partial charge in [-0.15, -0.1) is 0 Å². The van der Waals surface area contributed by atoms with Crippen LogP contribution in [0.5, 0.6) is 0 Å². The Kier molecular flexibility index (Phi) is 5.79. The Morgan fingerprint density at radius 3 is 2.71 bits per heavy atom. The summed E-state index contributed by atoms with van der Waals surface area (Å²) in [6, 6.07) is 0. The van der Waals surface area contributed by atoms with Gasteiger partial charge >= 0.3 is 6.09 Å². The van der Waals surface area contributed by atoms with Crippen molar-refractivity contribution in [3.63, 3.8) is 0 Å². The first-order valence-electron chi connectivity index (χ1n) is 6.99. The third-order valence-corrected chi connectivity index (χ3v) is 3.74. The van der Waals surface area contributed by atoms with Crippen LogP contribution in [-0.2, 0) is 4.74 Å². The number of hydrogen-bond donors (Lipinski definition) is 1. The van der Waals surface area contributed by atoms with Gasteiger partial charge in [-0.1, -0.05) is 34.1 Å². The summed E-state index contributed by atoms with van der Waals surface area (Å²) in [7, 11) is 0. The Bertz CT molecular complexity index is 240. The Balaban J connectivity index is 2.48. The highest BCUT2D eigenvalue weighted by atomic mass is 16.6. The SMILES string of the molecule is CCCNC(=O)O[C@@H]1C[C@H](C)CC[C@H]1C(C)C. The molecule has 1 aliphatic carbocycles. The Labute approximate surface area is 105 Å². The quantitative estimate of drug-likeness (QED) is 0.817. The van der Waals surface area contributed by atoms with Gasteiger partial charge in [-0.3, -0.25) is 0 Å². The summed E-state index contributed by atoms with van der Waals surface area (Å²) in [6.07, 6.45) is 4.28. The van der Waals surface area contributed by atoms with Gasteiger partial charge in [0.25, 0.3) is 0 Å². The lowest BCUT2D eigenvalue weighted by molar-refractivity contribution is 0.00627. The molecular weight excluding hydrogens is 214 g/mol. The number of amides is 1. The van der Waals surface area contributed by atoms with Crippen molar-refractivity contribution in [2.24, 2.45) is 17.8 Å². The summed E-state index contributed by atoms with van der Waals surface area (Å²) in [5.74, 6) is 1.79. The molecule has 0 bridgehead atoms. The van der Waals surface area contributed by atoms with Gasteiger partial charge in [-0.05, 0) is 37.0 Å². The second-order valence-electron chi connectivity index (χ2n) is 5.70. The topological polar surface area (TPSA) is 38.3 Å². The molecule has 3 atom stereocenters. The highest BCUT2D eigenvalue weighted by molar-refractivity contribution is 5.67. The first kappa shape index (κ1) is 14.3. The maximum atomic E-state index is 11.6. The molecule has 0 aromatic heterocycles. The van der Waals surface area contributed by atoms with Gasteiger partial charge in [0.15, 0.2) is 0 Å². The van der Waals surface area contributed by atoms with Gasteiger partial charge in [0.05, 0.1) is 0 Å². The van der Waals surface area contributed by atoms with E-state index in [1.165, 1.54) is 12.8 Å². The third kappa shape index (κ3) is 4.57. The van der Waals surface area contributed by atoms with Crippen molar-refractivity contribution in [1.29, 1.82) is 0 Å². The molecule has 0 aromatic carbocycles. The first-order valence-corrected chi connectivity index (χ1v) is 6.99. The Morgan fingerprint density at radius 1 is 1.41 bits per heavy atom. The number of carbonyl (C=O) groups is 1. The molecule has 1 rings (SSSR count). The predicted molar refractivity (Wildman–Crippen MR) is 69.9 cm³/mol. The van der Waals surface area contributed by atoms with Gasteiger partial charge in [0, 0.05) is 6.54 Å². The first-order chi connectivity index (χ1) is 8.04. The summed E-state index contributed by atoms with van der Waals surface area (Å²) in [6.45, 7) is 9.44. The van der Waals surface area contributed by atoms with E-state index in [1.54, 1.807) is 0 Å². The van der Waals surface area contributed by atoms with Crippen LogP contribution in [0.3, 0.4) is 0 Å². The summed E-state index contributed by atoms with van der Waals surface area (Å²) in [4.78, 5) is 11.6. The summed E-state index contributed by atoms with van der Waals surface area (Å²) >= 11 is 0. The van der Waals surface area contributed by atoms with Crippen LogP contribution in [0.15, 0.2) is 0 Å². The fourth-order valence-electron chi connectivity index (χ4n) is 2.66. The molecule has 0 radical (unpaired) electrons. The number of alkyl carbamates (subject to hydrolysis) is 1. The van der Waals surface area contributed by atoms with Crippen molar-refractivity contribution < 1.29 is 9.53 Å². The van der Waals surface area contributed by atoms with Crippen molar-refractivity contribution in [2.75, 3.05) is 6.54 Å². The van der Waals surface area contributed by atoms with E-state index in [0.29, 0.717) is 24.3 Å². The number of rotatable bonds is 4. The summed E-state index contributed by atoms with van der Waals surface area (Å²) in [5.41, 5.74) is 0. The van der Waals surface area contributed by atoms with Crippen molar-refractivity contribution in [3.8, 4) is 0 Å². The number of nitrogens with one attached hydrogen (secondary N) is 1. The molecule has 0 aromatic rings. The zero-order valence-corrected chi connectivity index (χ0v) is 11.7. The van der Waals surface area contributed by atoms with Crippen LogP contribution < -0.4 is 5.32 Å². The molecule has 1 N–H and O–H groups in total. The van der Waals surface area contributed by atoms with E-state index < -0.39 is 0 Å². The molecule has 1 saturated carbocycles. The Morgan fingerprint density at radius 2 is 2.12 bits per heavy atom. The zero-order chi connectivity index (χ0) is 12.8.